The van der Waals surface area contributed by atoms with Crippen molar-refractivity contribution in [1.82, 2.24) is 4.72 Å². The van der Waals surface area contributed by atoms with Crippen LogP contribution in [0.3, 0.4) is 0 Å². The van der Waals surface area contributed by atoms with Crippen LogP contribution >= 0.6 is 38.9 Å². The molecule has 0 aliphatic rings. The molecule has 7 heteroatoms. The Balaban J connectivity index is 2.63. The summed E-state index contributed by atoms with van der Waals surface area (Å²) < 4.78 is 27.1. The summed E-state index contributed by atoms with van der Waals surface area (Å²) in [4.78, 5) is 0. The summed E-state index contributed by atoms with van der Waals surface area (Å²) in [6, 6.07) is 1.71. The molecule has 3 nitrogen and oxygen atoms in total. The van der Waals surface area contributed by atoms with Gasteiger partial charge in [-0.3, -0.25) is 0 Å². The smallest absolute Gasteiger partial charge is 0.209 e. The standard InChI is InChI=1S/C9H13BrClNO2S2/c1-2-3-7(11)6-12-16(13,14)9-8(10)4-5-15-9/h4-5,7,12H,2-3,6H2,1H3. The Morgan fingerprint density at radius 1 is 1.62 bits per heavy atom. The Labute approximate surface area is 113 Å². The number of alkyl halides is 1. The van der Waals surface area contributed by atoms with E-state index in [0.29, 0.717) is 8.68 Å². The molecule has 1 rings (SSSR count). The van der Waals surface area contributed by atoms with E-state index in [1.807, 2.05) is 6.92 Å². The second-order valence-electron chi connectivity index (χ2n) is 3.29. The van der Waals surface area contributed by atoms with Gasteiger partial charge in [0.15, 0.2) is 0 Å². The Hall–Kier alpha value is 0.380. The van der Waals surface area contributed by atoms with Crippen molar-refractivity contribution >= 4 is 48.9 Å². The van der Waals surface area contributed by atoms with Crippen LogP contribution in [0.25, 0.3) is 0 Å². The number of halogens is 2. The molecule has 0 aromatic carbocycles. The summed E-state index contributed by atoms with van der Waals surface area (Å²) in [5, 5.41) is 1.57. The normalized spacial score (nSPS) is 13.9. The van der Waals surface area contributed by atoms with Gasteiger partial charge in [0, 0.05) is 16.4 Å². The summed E-state index contributed by atoms with van der Waals surface area (Å²) >= 11 is 10.3. The fourth-order valence-electron chi connectivity index (χ4n) is 1.15. The fraction of sp³-hybridized carbons (Fsp3) is 0.556. The first-order valence-corrected chi connectivity index (χ1v) is 8.43. The average Bonchev–Trinajstić information content (AvgIpc) is 2.63. The summed E-state index contributed by atoms with van der Waals surface area (Å²) in [6.07, 6.45) is 1.74. The van der Waals surface area contributed by atoms with E-state index in [0.717, 1.165) is 12.8 Å². The van der Waals surface area contributed by atoms with E-state index >= 15 is 0 Å². The summed E-state index contributed by atoms with van der Waals surface area (Å²) in [5.41, 5.74) is 0. The molecule has 0 spiro atoms. The molecular weight excluding hydrogens is 334 g/mol. The van der Waals surface area contributed by atoms with Gasteiger partial charge >= 0.3 is 0 Å². The van der Waals surface area contributed by atoms with Gasteiger partial charge in [-0.2, -0.15) is 0 Å². The third-order valence-corrected chi connectivity index (χ3v) is 6.39. The molecular formula is C9H13BrClNO2S2. The maximum Gasteiger partial charge on any atom is 0.251 e. The molecule has 1 aromatic rings. The summed E-state index contributed by atoms with van der Waals surface area (Å²) in [5.74, 6) is 0. The summed E-state index contributed by atoms with van der Waals surface area (Å²) in [6.45, 7) is 2.28. The average molecular weight is 347 g/mol. The lowest BCUT2D eigenvalue weighted by Crippen LogP contribution is -2.29. The maximum atomic E-state index is 11.8. The number of thiophene rings is 1. The number of hydrogen-bond acceptors (Lipinski definition) is 3. The highest BCUT2D eigenvalue weighted by molar-refractivity contribution is 9.10. The Kier molecular flexibility index (Phi) is 5.73. The molecule has 0 radical (unpaired) electrons. The van der Waals surface area contributed by atoms with Crippen molar-refractivity contribution in [1.29, 1.82) is 0 Å². The van der Waals surface area contributed by atoms with E-state index < -0.39 is 10.0 Å². The number of sulfonamides is 1. The highest BCUT2D eigenvalue weighted by Gasteiger charge is 2.19. The van der Waals surface area contributed by atoms with Gasteiger partial charge in [-0.25, -0.2) is 13.1 Å². The molecule has 1 heterocycles. The van der Waals surface area contributed by atoms with Crippen molar-refractivity contribution in [3.8, 4) is 0 Å². The van der Waals surface area contributed by atoms with Gasteiger partial charge in [0.25, 0.3) is 10.0 Å². The van der Waals surface area contributed by atoms with Gasteiger partial charge in [-0.05, 0) is 33.8 Å². The van der Waals surface area contributed by atoms with Crippen LogP contribution in [0.1, 0.15) is 19.8 Å². The lowest BCUT2D eigenvalue weighted by molar-refractivity contribution is 0.578. The van der Waals surface area contributed by atoms with Crippen LogP contribution in [0.15, 0.2) is 20.1 Å². The van der Waals surface area contributed by atoms with Crippen molar-refractivity contribution in [3.05, 3.63) is 15.9 Å². The topological polar surface area (TPSA) is 46.2 Å². The van der Waals surface area contributed by atoms with E-state index in [1.165, 1.54) is 11.3 Å². The summed E-state index contributed by atoms with van der Waals surface area (Å²) in [7, 11) is -3.42. The second kappa shape index (κ2) is 6.35. The molecule has 0 aliphatic heterocycles. The number of rotatable bonds is 6. The molecule has 0 fully saturated rings. The maximum absolute atomic E-state index is 11.8. The minimum Gasteiger partial charge on any atom is -0.209 e. The van der Waals surface area contributed by atoms with Crippen LogP contribution in [-0.2, 0) is 10.0 Å². The molecule has 92 valence electrons. The molecule has 0 saturated heterocycles. The third kappa shape index (κ3) is 4.00. The second-order valence-corrected chi connectivity index (χ2v) is 7.64. The Morgan fingerprint density at radius 2 is 2.31 bits per heavy atom. The van der Waals surface area contributed by atoms with Gasteiger partial charge in [0.2, 0.25) is 0 Å². The largest absolute Gasteiger partial charge is 0.251 e. The predicted molar refractivity (Wildman–Crippen MR) is 71.8 cm³/mol. The first kappa shape index (κ1) is 14.4. The van der Waals surface area contributed by atoms with Gasteiger partial charge in [-0.1, -0.05) is 13.3 Å². The van der Waals surface area contributed by atoms with E-state index in [-0.39, 0.29) is 11.9 Å². The van der Waals surface area contributed by atoms with Gasteiger partial charge < -0.3 is 0 Å². The molecule has 1 N–H and O–H groups in total. The number of nitrogens with one attached hydrogen (secondary N) is 1. The quantitative estimate of drug-likeness (QED) is 0.804. The van der Waals surface area contributed by atoms with Crippen LogP contribution in [0, 0.1) is 0 Å². The SMILES string of the molecule is CCCC(Cl)CNS(=O)(=O)c1sccc1Br. The first-order valence-electron chi connectivity index (χ1n) is 4.84. The van der Waals surface area contributed by atoms with Crippen LogP contribution in [-0.4, -0.2) is 20.3 Å². The molecule has 16 heavy (non-hydrogen) atoms. The van der Waals surface area contributed by atoms with E-state index in [4.69, 9.17) is 11.6 Å². The van der Waals surface area contributed by atoms with Crippen LogP contribution in [0.2, 0.25) is 0 Å². The van der Waals surface area contributed by atoms with Crippen LogP contribution in [0.5, 0.6) is 0 Å². The zero-order valence-electron chi connectivity index (χ0n) is 8.74. The third-order valence-electron chi connectivity index (χ3n) is 1.93. The molecule has 0 saturated carbocycles. The lowest BCUT2D eigenvalue weighted by atomic mass is 10.2. The minimum absolute atomic E-state index is 0.154. The van der Waals surface area contributed by atoms with Crippen LogP contribution in [0.4, 0.5) is 0 Å². The Bertz CT molecular complexity index is 432. The monoisotopic (exact) mass is 345 g/mol. The van der Waals surface area contributed by atoms with Crippen molar-refractivity contribution < 1.29 is 8.42 Å². The van der Waals surface area contributed by atoms with E-state index in [1.54, 1.807) is 11.4 Å². The molecule has 1 atom stereocenters. The zero-order valence-corrected chi connectivity index (χ0v) is 12.7. The molecule has 1 aromatic heterocycles. The molecule has 0 bridgehead atoms. The van der Waals surface area contributed by atoms with Crippen molar-refractivity contribution in [2.75, 3.05) is 6.54 Å². The van der Waals surface area contributed by atoms with Crippen molar-refractivity contribution in [3.63, 3.8) is 0 Å². The van der Waals surface area contributed by atoms with Gasteiger partial charge in [0.1, 0.15) is 4.21 Å². The molecule has 1 unspecified atom stereocenters. The zero-order chi connectivity index (χ0) is 12.2. The van der Waals surface area contributed by atoms with E-state index in [9.17, 15) is 8.42 Å². The van der Waals surface area contributed by atoms with Crippen molar-refractivity contribution in [2.45, 2.75) is 29.4 Å². The number of hydrogen-bond donors (Lipinski definition) is 1. The van der Waals surface area contributed by atoms with Crippen molar-refractivity contribution in [2.24, 2.45) is 0 Å². The first-order chi connectivity index (χ1) is 7.47. The molecule has 0 aliphatic carbocycles. The van der Waals surface area contributed by atoms with E-state index in [2.05, 4.69) is 20.7 Å². The predicted octanol–water partition coefficient (Wildman–Crippen LogP) is 3.20. The van der Waals surface area contributed by atoms with Gasteiger partial charge in [0.05, 0.1) is 0 Å². The highest BCUT2D eigenvalue weighted by atomic mass is 79.9. The highest BCUT2D eigenvalue weighted by Crippen LogP contribution is 2.27. The van der Waals surface area contributed by atoms with Gasteiger partial charge in [-0.15, -0.1) is 22.9 Å². The molecule has 0 amide bonds. The minimum atomic E-state index is -3.42. The Morgan fingerprint density at radius 3 is 2.81 bits per heavy atom. The van der Waals surface area contributed by atoms with Crippen LogP contribution < -0.4 is 4.72 Å². The lowest BCUT2D eigenvalue weighted by Gasteiger charge is -2.09. The fourth-order valence-corrected chi connectivity index (χ4v) is 5.00.